The number of unbranched alkanes of at least 4 members (excludes halogenated alkanes) is 1. The molecular formula is C12H18O4. The number of hydrogen-bond acceptors (Lipinski definition) is 3. The molecule has 0 heterocycles. The Bertz CT molecular complexity index is 313. The number of ether oxygens (including phenoxy) is 1. The molecule has 0 aliphatic rings. The summed E-state index contributed by atoms with van der Waals surface area (Å²) in [4.78, 5) is 21.8. The highest BCUT2D eigenvalue weighted by Crippen LogP contribution is 2.01. The molecule has 0 saturated heterocycles. The van der Waals surface area contributed by atoms with E-state index in [4.69, 9.17) is 9.84 Å². The van der Waals surface area contributed by atoms with E-state index in [-0.39, 0.29) is 5.57 Å². The van der Waals surface area contributed by atoms with Gasteiger partial charge in [0.05, 0.1) is 6.61 Å². The molecule has 4 heteroatoms. The number of carboxylic acids is 1. The molecule has 16 heavy (non-hydrogen) atoms. The van der Waals surface area contributed by atoms with Gasteiger partial charge in [0.25, 0.3) is 0 Å². The standard InChI is InChI=1S/C12H18O4/c1-4-5-8-16-12(15)10(3)7-6-9(2)11(13)14/h6-7H,4-5,8H2,1-3H3,(H,13,14). The molecule has 0 spiro atoms. The molecule has 0 aliphatic heterocycles. The minimum absolute atomic E-state index is 0.181. The Kier molecular flexibility index (Phi) is 6.92. The molecular weight excluding hydrogens is 208 g/mol. The molecule has 0 saturated carbocycles. The molecule has 0 aliphatic carbocycles. The largest absolute Gasteiger partial charge is 0.478 e. The van der Waals surface area contributed by atoms with Crippen molar-refractivity contribution in [2.75, 3.05) is 6.61 Å². The third kappa shape index (κ3) is 6.01. The first-order valence-electron chi connectivity index (χ1n) is 5.24. The molecule has 0 bridgehead atoms. The van der Waals surface area contributed by atoms with Crippen LogP contribution in [0.1, 0.15) is 33.6 Å². The predicted octanol–water partition coefficient (Wildman–Crippen LogP) is 2.31. The van der Waals surface area contributed by atoms with Crippen molar-refractivity contribution in [1.82, 2.24) is 0 Å². The first-order valence-corrected chi connectivity index (χ1v) is 5.24. The molecule has 0 fully saturated rings. The van der Waals surface area contributed by atoms with Crippen LogP contribution in [0.4, 0.5) is 0 Å². The Labute approximate surface area is 95.6 Å². The highest BCUT2D eigenvalue weighted by atomic mass is 16.5. The lowest BCUT2D eigenvalue weighted by molar-refractivity contribution is -0.139. The van der Waals surface area contributed by atoms with E-state index in [1.165, 1.54) is 19.1 Å². The first-order chi connectivity index (χ1) is 7.49. The van der Waals surface area contributed by atoms with Gasteiger partial charge in [-0.25, -0.2) is 9.59 Å². The molecule has 0 aromatic rings. The maximum Gasteiger partial charge on any atom is 0.333 e. The van der Waals surface area contributed by atoms with Crippen LogP contribution in [0.2, 0.25) is 0 Å². The lowest BCUT2D eigenvalue weighted by Crippen LogP contribution is -2.06. The summed E-state index contributed by atoms with van der Waals surface area (Å²) >= 11 is 0. The van der Waals surface area contributed by atoms with E-state index in [1.807, 2.05) is 6.92 Å². The lowest BCUT2D eigenvalue weighted by Gasteiger charge is -2.02. The molecule has 0 unspecified atom stereocenters. The van der Waals surface area contributed by atoms with E-state index in [0.29, 0.717) is 12.2 Å². The Morgan fingerprint density at radius 2 is 1.75 bits per heavy atom. The third-order valence-electron chi connectivity index (χ3n) is 1.97. The van der Waals surface area contributed by atoms with E-state index in [0.717, 1.165) is 12.8 Å². The van der Waals surface area contributed by atoms with Gasteiger partial charge in [0, 0.05) is 11.1 Å². The number of rotatable bonds is 6. The quantitative estimate of drug-likeness (QED) is 0.327. The average molecular weight is 226 g/mol. The van der Waals surface area contributed by atoms with Crippen LogP contribution in [-0.2, 0) is 14.3 Å². The first kappa shape index (κ1) is 14.4. The topological polar surface area (TPSA) is 63.6 Å². The second kappa shape index (κ2) is 7.68. The highest BCUT2D eigenvalue weighted by molar-refractivity contribution is 5.89. The van der Waals surface area contributed by atoms with Crippen molar-refractivity contribution in [1.29, 1.82) is 0 Å². The van der Waals surface area contributed by atoms with Gasteiger partial charge in [0.2, 0.25) is 0 Å². The number of hydrogen-bond donors (Lipinski definition) is 1. The zero-order valence-electron chi connectivity index (χ0n) is 9.95. The Morgan fingerprint density at radius 1 is 1.19 bits per heavy atom. The zero-order chi connectivity index (χ0) is 12.6. The molecule has 0 aromatic heterocycles. The summed E-state index contributed by atoms with van der Waals surface area (Å²) in [5, 5.41) is 8.59. The van der Waals surface area contributed by atoms with Crippen LogP contribution in [0.3, 0.4) is 0 Å². The maximum absolute atomic E-state index is 11.3. The number of esters is 1. The van der Waals surface area contributed by atoms with Crippen LogP contribution >= 0.6 is 0 Å². The zero-order valence-corrected chi connectivity index (χ0v) is 9.95. The van der Waals surface area contributed by atoms with Crippen molar-refractivity contribution in [2.45, 2.75) is 33.6 Å². The van der Waals surface area contributed by atoms with Crippen molar-refractivity contribution in [3.05, 3.63) is 23.3 Å². The van der Waals surface area contributed by atoms with Crippen molar-refractivity contribution < 1.29 is 19.4 Å². The van der Waals surface area contributed by atoms with E-state index >= 15 is 0 Å². The number of carboxylic acid groups (broad SMARTS) is 1. The van der Waals surface area contributed by atoms with Gasteiger partial charge >= 0.3 is 11.9 Å². The van der Waals surface area contributed by atoms with Crippen LogP contribution in [0.5, 0.6) is 0 Å². The van der Waals surface area contributed by atoms with Crippen molar-refractivity contribution >= 4 is 11.9 Å². The van der Waals surface area contributed by atoms with Gasteiger partial charge in [0.15, 0.2) is 0 Å². The van der Waals surface area contributed by atoms with Crippen molar-refractivity contribution in [2.24, 2.45) is 0 Å². The summed E-state index contributed by atoms with van der Waals surface area (Å²) in [7, 11) is 0. The maximum atomic E-state index is 11.3. The van der Waals surface area contributed by atoms with Crippen molar-refractivity contribution in [3.8, 4) is 0 Å². The number of allylic oxidation sites excluding steroid dienone is 2. The third-order valence-corrected chi connectivity index (χ3v) is 1.97. The number of aliphatic carboxylic acids is 1. The van der Waals surface area contributed by atoms with Gasteiger partial charge in [0.1, 0.15) is 0 Å². The van der Waals surface area contributed by atoms with Crippen LogP contribution in [0.25, 0.3) is 0 Å². The van der Waals surface area contributed by atoms with Crippen LogP contribution in [0.15, 0.2) is 23.3 Å². The predicted molar refractivity (Wildman–Crippen MR) is 61.0 cm³/mol. The Morgan fingerprint density at radius 3 is 2.25 bits per heavy atom. The fraction of sp³-hybridized carbons (Fsp3) is 0.500. The SMILES string of the molecule is CCCCOC(=O)C(C)=CC=C(C)C(=O)O. The summed E-state index contributed by atoms with van der Waals surface area (Å²) in [5.74, 6) is -1.40. The summed E-state index contributed by atoms with van der Waals surface area (Å²) in [6.07, 6.45) is 4.65. The molecule has 0 amide bonds. The number of carbonyl (C=O) groups excluding carboxylic acids is 1. The van der Waals surface area contributed by atoms with Crippen LogP contribution < -0.4 is 0 Å². The monoisotopic (exact) mass is 226 g/mol. The van der Waals surface area contributed by atoms with Gasteiger partial charge in [-0.2, -0.15) is 0 Å². The second-order valence-corrected chi connectivity index (χ2v) is 3.49. The van der Waals surface area contributed by atoms with E-state index in [2.05, 4.69) is 0 Å². The van der Waals surface area contributed by atoms with Gasteiger partial charge < -0.3 is 9.84 Å². The summed E-state index contributed by atoms with van der Waals surface area (Å²) in [6, 6.07) is 0. The normalized spacial score (nSPS) is 12.4. The fourth-order valence-electron chi connectivity index (χ4n) is 0.812. The molecule has 1 N–H and O–H groups in total. The smallest absolute Gasteiger partial charge is 0.333 e. The van der Waals surface area contributed by atoms with E-state index in [1.54, 1.807) is 6.92 Å². The highest BCUT2D eigenvalue weighted by Gasteiger charge is 2.04. The fourth-order valence-corrected chi connectivity index (χ4v) is 0.812. The van der Waals surface area contributed by atoms with E-state index < -0.39 is 11.9 Å². The summed E-state index contributed by atoms with van der Waals surface area (Å²) in [5.41, 5.74) is 0.581. The van der Waals surface area contributed by atoms with Crippen LogP contribution in [0, 0.1) is 0 Å². The lowest BCUT2D eigenvalue weighted by atomic mass is 10.2. The molecule has 0 radical (unpaired) electrons. The Hall–Kier alpha value is -1.58. The minimum Gasteiger partial charge on any atom is -0.478 e. The van der Waals surface area contributed by atoms with E-state index in [9.17, 15) is 9.59 Å². The van der Waals surface area contributed by atoms with Crippen LogP contribution in [-0.4, -0.2) is 23.7 Å². The Balaban J connectivity index is 4.27. The summed E-state index contributed by atoms with van der Waals surface area (Å²) in [6.45, 7) is 5.48. The minimum atomic E-state index is -0.997. The molecule has 0 rings (SSSR count). The number of carbonyl (C=O) groups is 2. The average Bonchev–Trinajstić information content (AvgIpc) is 2.25. The second-order valence-electron chi connectivity index (χ2n) is 3.49. The van der Waals surface area contributed by atoms with Gasteiger partial charge in [-0.1, -0.05) is 25.5 Å². The van der Waals surface area contributed by atoms with Gasteiger partial charge in [-0.15, -0.1) is 0 Å². The molecule has 4 nitrogen and oxygen atoms in total. The van der Waals surface area contributed by atoms with Gasteiger partial charge in [-0.3, -0.25) is 0 Å². The molecule has 0 aromatic carbocycles. The summed E-state index contributed by atoms with van der Waals surface area (Å²) < 4.78 is 4.95. The van der Waals surface area contributed by atoms with Gasteiger partial charge in [-0.05, 0) is 20.3 Å². The van der Waals surface area contributed by atoms with Crippen molar-refractivity contribution in [3.63, 3.8) is 0 Å². The molecule has 0 atom stereocenters. The molecule has 90 valence electrons.